The average molecular weight is 570 g/mol. The van der Waals surface area contributed by atoms with Crippen molar-refractivity contribution in [2.45, 2.75) is 35.4 Å². The third-order valence-electron chi connectivity index (χ3n) is 7.02. The maximum atomic E-state index is 13.3. The first-order valence-corrected chi connectivity index (χ1v) is 14.1. The van der Waals surface area contributed by atoms with Crippen molar-refractivity contribution < 1.29 is 23.9 Å². The summed E-state index contributed by atoms with van der Waals surface area (Å²) in [5.41, 5.74) is 1.24. The quantitative estimate of drug-likeness (QED) is 0.280. The van der Waals surface area contributed by atoms with Crippen molar-refractivity contribution in [3.05, 3.63) is 96.3 Å². The Bertz CT molecular complexity index is 1560. The van der Waals surface area contributed by atoms with Crippen molar-refractivity contribution in [3.63, 3.8) is 0 Å². The summed E-state index contributed by atoms with van der Waals surface area (Å²) in [7, 11) is 0. The number of para-hydroxylation sites is 1. The third kappa shape index (κ3) is 6.09. The number of carbonyl (C=O) groups is 3. The van der Waals surface area contributed by atoms with Crippen LogP contribution < -0.4 is 10.1 Å². The Labute approximate surface area is 240 Å². The zero-order valence-electron chi connectivity index (χ0n) is 22.0. The first kappa shape index (κ1) is 26.6. The topological polar surface area (TPSA) is 116 Å². The second-order valence-corrected chi connectivity index (χ2v) is 11.0. The number of fused-ring (bicyclic) bond motifs is 2. The van der Waals surface area contributed by atoms with Gasteiger partial charge in [-0.3, -0.25) is 14.3 Å². The molecule has 0 spiro atoms. The molecule has 0 radical (unpaired) electrons. The molecule has 2 aliphatic heterocycles. The zero-order chi connectivity index (χ0) is 28.2. The van der Waals surface area contributed by atoms with E-state index in [4.69, 9.17) is 9.47 Å². The van der Waals surface area contributed by atoms with Crippen LogP contribution in [-0.4, -0.2) is 56.8 Å². The Balaban J connectivity index is 1.10. The highest BCUT2D eigenvalue weighted by atomic mass is 32.2. The molecule has 1 saturated heterocycles. The molecule has 6 rings (SSSR count). The second-order valence-electron chi connectivity index (χ2n) is 9.88. The van der Waals surface area contributed by atoms with Crippen LogP contribution in [0.5, 0.6) is 11.5 Å². The van der Waals surface area contributed by atoms with E-state index in [2.05, 4.69) is 15.6 Å². The normalized spacial score (nSPS) is 17.2. The molecule has 0 aliphatic carbocycles. The standard InChI is InChI=1S/C30H27N5O5S/c36-28(16-31-29(37)22-10-11-27-25(15-22)40-24-8-4-5-9-26(24)41-27)35-18-21(17-34-13-12-32-33-34)14-23(35)30(38)39-19-20-6-2-1-3-7-20/h1-13,15,21,23H,14,16-19H2,(H,31,37)/t21?,23-/m0/s1. The Morgan fingerprint density at radius 3 is 2.63 bits per heavy atom. The lowest BCUT2D eigenvalue weighted by Gasteiger charge is -2.23. The highest BCUT2D eigenvalue weighted by molar-refractivity contribution is 7.99. The van der Waals surface area contributed by atoms with Gasteiger partial charge in [0.2, 0.25) is 5.91 Å². The molecule has 10 nitrogen and oxygen atoms in total. The lowest BCUT2D eigenvalue weighted by atomic mass is 10.1. The number of carbonyl (C=O) groups excluding carboxylic acids is 3. The molecule has 0 bridgehead atoms. The SMILES string of the molecule is O=C(NCC(=O)N1CC(Cn2ccnn2)C[C@H]1C(=O)OCc1ccccc1)c1ccc2c(c1)Oc1ccccc1S2. The van der Waals surface area contributed by atoms with Crippen LogP contribution in [0.25, 0.3) is 0 Å². The highest BCUT2D eigenvalue weighted by Crippen LogP contribution is 2.46. The van der Waals surface area contributed by atoms with Gasteiger partial charge in [0, 0.05) is 24.8 Å². The van der Waals surface area contributed by atoms with Gasteiger partial charge in [-0.15, -0.1) is 5.10 Å². The van der Waals surface area contributed by atoms with E-state index >= 15 is 0 Å². The molecule has 11 heteroatoms. The molecule has 2 aliphatic rings. The molecule has 1 unspecified atom stereocenters. The lowest BCUT2D eigenvalue weighted by Crippen LogP contribution is -2.46. The minimum Gasteiger partial charge on any atom is -0.459 e. The van der Waals surface area contributed by atoms with E-state index in [-0.39, 0.29) is 25.0 Å². The number of hydrogen-bond donors (Lipinski definition) is 1. The van der Waals surface area contributed by atoms with Gasteiger partial charge in [0.25, 0.3) is 5.91 Å². The van der Waals surface area contributed by atoms with Gasteiger partial charge >= 0.3 is 5.97 Å². The molecular formula is C30H27N5O5S. The first-order chi connectivity index (χ1) is 20.0. The van der Waals surface area contributed by atoms with E-state index < -0.39 is 17.9 Å². The predicted octanol–water partition coefficient (Wildman–Crippen LogP) is 3.93. The van der Waals surface area contributed by atoms with Crippen LogP contribution in [0.3, 0.4) is 0 Å². The van der Waals surface area contributed by atoms with Gasteiger partial charge in [0.05, 0.1) is 22.5 Å². The lowest BCUT2D eigenvalue weighted by molar-refractivity contribution is -0.154. The fourth-order valence-corrected chi connectivity index (χ4v) is 5.93. The molecule has 1 N–H and O–H groups in total. The van der Waals surface area contributed by atoms with Gasteiger partial charge in [-0.25, -0.2) is 4.79 Å². The second kappa shape index (κ2) is 11.8. The fourth-order valence-electron chi connectivity index (χ4n) is 5.00. The van der Waals surface area contributed by atoms with Gasteiger partial charge < -0.3 is 19.7 Å². The fraction of sp³-hybridized carbons (Fsp3) is 0.233. The monoisotopic (exact) mass is 569 g/mol. The third-order valence-corrected chi connectivity index (χ3v) is 8.13. The molecule has 208 valence electrons. The van der Waals surface area contributed by atoms with E-state index in [1.807, 2.05) is 60.7 Å². The number of rotatable bonds is 8. The molecule has 3 heterocycles. The number of esters is 1. The number of nitrogens with zero attached hydrogens (tertiary/aromatic N) is 4. The van der Waals surface area contributed by atoms with E-state index in [0.717, 1.165) is 21.1 Å². The Morgan fingerprint density at radius 2 is 1.80 bits per heavy atom. The number of likely N-dealkylation sites (tertiary alicyclic amines) is 1. The number of benzene rings is 3. The number of ether oxygens (including phenoxy) is 2. The van der Waals surface area contributed by atoms with Crippen LogP contribution in [0.4, 0.5) is 0 Å². The summed E-state index contributed by atoms with van der Waals surface area (Å²) < 4.78 is 13.2. The molecule has 4 aromatic rings. The number of aromatic nitrogens is 3. The maximum absolute atomic E-state index is 13.3. The smallest absolute Gasteiger partial charge is 0.329 e. The first-order valence-electron chi connectivity index (χ1n) is 13.2. The van der Waals surface area contributed by atoms with Crippen molar-refractivity contribution in [1.82, 2.24) is 25.2 Å². The van der Waals surface area contributed by atoms with E-state index in [1.54, 1.807) is 41.0 Å². The van der Waals surface area contributed by atoms with Gasteiger partial charge in [-0.05, 0) is 48.2 Å². The summed E-state index contributed by atoms with van der Waals surface area (Å²) in [5.74, 6) is 0.0554. The molecule has 41 heavy (non-hydrogen) atoms. The van der Waals surface area contributed by atoms with Crippen LogP contribution in [0.15, 0.2) is 95.0 Å². The Hall–Kier alpha value is -4.64. The number of amides is 2. The summed E-state index contributed by atoms with van der Waals surface area (Å²) in [6, 6.07) is 21.5. The van der Waals surface area contributed by atoms with E-state index in [0.29, 0.717) is 30.8 Å². The minimum absolute atomic E-state index is 0.0243. The van der Waals surface area contributed by atoms with Gasteiger partial charge in [0.15, 0.2) is 0 Å². The van der Waals surface area contributed by atoms with Crippen LogP contribution in [0.2, 0.25) is 0 Å². The number of nitrogens with one attached hydrogen (secondary N) is 1. The van der Waals surface area contributed by atoms with E-state index in [1.165, 1.54) is 4.90 Å². The maximum Gasteiger partial charge on any atom is 0.329 e. The molecule has 1 fully saturated rings. The molecular weight excluding hydrogens is 542 g/mol. The van der Waals surface area contributed by atoms with Gasteiger partial charge in [0.1, 0.15) is 24.1 Å². The molecule has 2 atom stereocenters. The summed E-state index contributed by atoms with van der Waals surface area (Å²) in [6.07, 6.45) is 3.75. The summed E-state index contributed by atoms with van der Waals surface area (Å²) in [4.78, 5) is 42.8. The van der Waals surface area contributed by atoms with Crippen molar-refractivity contribution in [2.75, 3.05) is 13.1 Å². The molecule has 2 amide bonds. The van der Waals surface area contributed by atoms with Crippen LogP contribution >= 0.6 is 11.8 Å². The number of hydrogen-bond acceptors (Lipinski definition) is 8. The van der Waals surface area contributed by atoms with Crippen LogP contribution in [0.1, 0.15) is 22.3 Å². The van der Waals surface area contributed by atoms with Crippen LogP contribution in [-0.2, 0) is 27.5 Å². The highest BCUT2D eigenvalue weighted by Gasteiger charge is 2.40. The van der Waals surface area contributed by atoms with Gasteiger partial charge in [-0.2, -0.15) is 0 Å². The largest absolute Gasteiger partial charge is 0.459 e. The summed E-state index contributed by atoms with van der Waals surface area (Å²) >= 11 is 1.57. The van der Waals surface area contributed by atoms with Crippen molar-refractivity contribution in [3.8, 4) is 11.5 Å². The van der Waals surface area contributed by atoms with E-state index in [9.17, 15) is 14.4 Å². The predicted molar refractivity (Wildman–Crippen MR) is 149 cm³/mol. The Morgan fingerprint density at radius 1 is 1.00 bits per heavy atom. The zero-order valence-corrected chi connectivity index (χ0v) is 22.8. The molecule has 1 aromatic heterocycles. The van der Waals surface area contributed by atoms with Gasteiger partial charge in [-0.1, -0.05) is 59.4 Å². The van der Waals surface area contributed by atoms with Crippen molar-refractivity contribution >= 4 is 29.5 Å². The van der Waals surface area contributed by atoms with Crippen LogP contribution in [0, 0.1) is 5.92 Å². The minimum atomic E-state index is -0.758. The Kier molecular flexibility index (Phi) is 7.68. The van der Waals surface area contributed by atoms with Crippen molar-refractivity contribution in [1.29, 1.82) is 0 Å². The summed E-state index contributed by atoms with van der Waals surface area (Å²) in [5, 5.41) is 10.6. The molecule has 0 saturated carbocycles. The average Bonchev–Trinajstić information content (AvgIpc) is 3.68. The summed E-state index contributed by atoms with van der Waals surface area (Å²) in [6.45, 7) is 0.705. The molecule has 3 aromatic carbocycles. The van der Waals surface area contributed by atoms with Crippen molar-refractivity contribution in [2.24, 2.45) is 5.92 Å².